The molecule has 38 heavy (non-hydrogen) atoms. The minimum Gasteiger partial charge on any atom is -0.467 e. The molecule has 2 unspecified atom stereocenters. The lowest BCUT2D eigenvalue weighted by Gasteiger charge is -2.33. The van der Waals surface area contributed by atoms with Crippen LogP contribution in [-0.2, 0) is 13.1 Å². The van der Waals surface area contributed by atoms with Crippen molar-refractivity contribution in [1.29, 1.82) is 5.26 Å². The maximum Gasteiger partial charge on any atom is 0.318 e. The van der Waals surface area contributed by atoms with Gasteiger partial charge in [-0.2, -0.15) is 15.2 Å². The molecule has 2 fully saturated rings. The number of rotatable bonds is 7. The third kappa shape index (κ3) is 4.27. The monoisotopic (exact) mass is 512 g/mol. The van der Waals surface area contributed by atoms with Gasteiger partial charge in [0.2, 0.25) is 0 Å². The Labute approximate surface area is 220 Å². The average molecular weight is 513 g/mol. The zero-order valence-corrected chi connectivity index (χ0v) is 21.7. The number of likely N-dealkylation sites (N-methyl/N-ethyl adjacent to an activating group) is 1. The number of halogens is 1. The number of methoxy groups -OCH3 is 1. The van der Waals surface area contributed by atoms with E-state index in [4.69, 9.17) is 9.72 Å². The lowest BCUT2D eigenvalue weighted by molar-refractivity contribution is 0.127. The second-order valence-electron chi connectivity index (χ2n) is 10.0. The van der Waals surface area contributed by atoms with Gasteiger partial charge in [-0.15, -0.1) is 0 Å². The number of ether oxygens (including phenoxy) is 1. The van der Waals surface area contributed by atoms with E-state index >= 15 is 4.39 Å². The van der Waals surface area contributed by atoms with Gasteiger partial charge in [0, 0.05) is 55.2 Å². The van der Waals surface area contributed by atoms with Crippen molar-refractivity contribution in [3.05, 3.63) is 64.9 Å². The Morgan fingerprint density at radius 1 is 1.08 bits per heavy atom. The van der Waals surface area contributed by atoms with Gasteiger partial charge in [0.1, 0.15) is 23.2 Å². The maximum atomic E-state index is 15.5. The first-order chi connectivity index (χ1) is 18.5. The molecule has 0 saturated carbocycles. The van der Waals surface area contributed by atoms with Crippen LogP contribution in [-0.4, -0.2) is 73.1 Å². The molecule has 2 aliphatic rings. The van der Waals surface area contributed by atoms with Crippen LogP contribution in [0.1, 0.15) is 35.7 Å². The molecule has 2 bridgehead atoms. The molecule has 194 valence electrons. The zero-order valence-electron chi connectivity index (χ0n) is 21.7. The van der Waals surface area contributed by atoms with Gasteiger partial charge in [-0.3, -0.25) is 14.8 Å². The number of nitriles is 1. The van der Waals surface area contributed by atoms with Crippen LogP contribution in [0.2, 0.25) is 0 Å². The highest BCUT2D eigenvalue weighted by atomic mass is 19.1. The van der Waals surface area contributed by atoms with E-state index in [1.54, 1.807) is 18.3 Å². The van der Waals surface area contributed by atoms with Crippen molar-refractivity contribution >= 4 is 11.2 Å². The summed E-state index contributed by atoms with van der Waals surface area (Å²) >= 11 is 0. The molecule has 1 aromatic carbocycles. The summed E-state index contributed by atoms with van der Waals surface area (Å²) in [5.74, 6) is 0.267. The Morgan fingerprint density at radius 3 is 2.61 bits per heavy atom. The van der Waals surface area contributed by atoms with E-state index in [0.717, 1.165) is 31.7 Å². The van der Waals surface area contributed by atoms with E-state index in [-0.39, 0.29) is 18.4 Å². The molecule has 0 spiro atoms. The smallest absolute Gasteiger partial charge is 0.318 e. The summed E-state index contributed by atoms with van der Waals surface area (Å²) in [7, 11) is 1.51. The predicted molar refractivity (Wildman–Crippen MR) is 140 cm³/mol. The normalized spacial score (nSPS) is 19.3. The van der Waals surface area contributed by atoms with E-state index in [1.165, 1.54) is 19.7 Å². The van der Waals surface area contributed by atoms with E-state index in [2.05, 4.69) is 37.7 Å². The quantitative estimate of drug-likeness (QED) is 0.371. The Hall–Kier alpha value is -3.94. The molecule has 0 radical (unpaired) electrons. The fourth-order valence-electron chi connectivity index (χ4n) is 5.83. The van der Waals surface area contributed by atoms with E-state index in [9.17, 15) is 5.26 Å². The predicted octanol–water partition coefficient (Wildman–Crippen LogP) is 3.54. The van der Waals surface area contributed by atoms with E-state index in [0.29, 0.717) is 51.5 Å². The van der Waals surface area contributed by atoms with Crippen molar-refractivity contribution in [3.8, 4) is 23.5 Å². The average Bonchev–Trinajstić information content (AvgIpc) is 3.63. The lowest BCUT2D eigenvalue weighted by atomic mass is 10.1. The number of aryl methyl sites for hydroxylation is 1. The van der Waals surface area contributed by atoms with Crippen LogP contribution in [0.4, 0.5) is 4.39 Å². The fourth-order valence-corrected chi connectivity index (χ4v) is 5.83. The first-order valence-corrected chi connectivity index (χ1v) is 12.9. The Balaban J connectivity index is 1.33. The van der Waals surface area contributed by atoms with Crippen LogP contribution in [0.25, 0.3) is 22.6 Å². The molecule has 2 atom stereocenters. The zero-order chi connectivity index (χ0) is 26.4. The van der Waals surface area contributed by atoms with Crippen molar-refractivity contribution in [1.82, 2.24) is 34.3 Å². The number of hydrogen-bond donors (Lipinski definition) is 0. The Kier molecular flexibility index (Phi) is 6.26. The molecule has 2 aliphatic heterocycles. The molecule has 10 heteroatoms. The molecule has 2 saturated heterocycles. The summed E-state index contributed by atoms with van der Waals surface area (Å²) in [5, 5.41) is 9.38. The lowest BCUT2D eigenvalue weighted by Crippen LogP contribution is -2.45. The topological polar surface area (TPSA) is 96.0 Å². The molecule has 3 aromatic heterocycles. The summed E-state index contributed by atoms with van der Waals surface area (Å²) in [6.45, 7) is 8.25. The van der Waals surface area contributed by atoms with Gasteiger partial charge in [0.15, 0.2) is 5.65 Å². The molecule has 0 amide bonds. The van der Waals surface area contributed by atoms with Crippen LogP contribution in [0.15, 0.2) is 36.7 Å². The Bertz CT molecular complexity index is 1560. The van der Waals surface area contributed by atoms with Crippen molar-refractivity contribution < 1.29 is 9.13 Å². The highest BCUT2D eigenvalue weighted by molar-refractivity contribution is 5.79. The number of pyridine rings is 1. The van der Waals surface area contributed by atoms with Crippen molar-refractivity contribution in [3.63, 3.8) is 0 Å². The third-order valence-corrected chi connectivity index (χ3v) is 7.76. The second-order valence-corrected chi connectivity index (χ2v) is 10.0. The molecule has 0 N–H and O–H groups in total. The summed E-state index contributed by atoms with van der Waals surface area (Å²) in [4.78, 5) is 22.9. The fraction of sp³-hybridized carbons (Fsp3) is 0.393. The molecule has 4 aromatic rings. The highest BCUT2D eigenvalue weighted by Gasteiger charge is 2.42. The first kappa shape index (κ1) is 24.4. The summed E-state index contributed by atoms with van der Waals surface area (Å²) in [5.41, 5.74) is 4.32. The van der Waals surface area contributed by atoms with Gasteiger partial charge in [-0.1, -0.05) is 19.1 Å². The van der Waals surface area contributed by atoms with E-state index < -0.39 is 0 Å². The summed E-state index contributed by atoms with van der Waals surface area (Å²) in [6.07, 6.45) is 4.34. The molecule has 9 nitrogen and oxygen atoms in total. The maximum absolute atomic E-state index is 15.5. The van der Waals surface area contributed by atoms with Crippen LogP contribution in [0, 0.1) is 24.1 Å². The number of aromatic nitrogens is 5. The van der Waals surface area contributed by atoms with Crippen molar-refractivity contribution in [2.75, 3.05) is 26.7 Å². The van der Waals surface area contributed by atoms with Crippen molar-refractivity contribution in [2.24, 2.45) is 0 Å². The van der Waals surface area contributed by atoms with Crippen LogP contribution >= 0.6 is 0 Å². The number of nitrogens with zero attached hydrogens (tertiary/aromatic N) is 8. The number of piperazine rings is 1. The third-order valence-electron chi connectivity index (χ3n) is 7.76. The highest BCUT2D eigenvalue weighted by Crippen LogP contribution is 2.32. The van der Waals surface area contributed by atoms with Gasteiger partial charge < -0.3 is 9.30 Å². The minimum atomic E-state index is -0.267. The van der Waals surface area contributed by atoms with Crippen LogP contribution in [0.3, 0.4) is 0 Å². The largest absolute Gasteiger partial charge is 0.467 e. The van der Waals surface area contributed by atoms with E-state index in [1.807, 2.05) is 23.6 Å². The SMILES string of the molecule is CCN1CC2CC1CN2Cc1ccc(Cn2c(-c3cncc(C#N)c3)nc3c(C)nc(OC)nc32)c(F)c1. The summed E-state index contributed by atoms with van der Waals surface area (Å²) < 4.78 is 22.7. The second kappa shape index (κ2) is 9.74. The van der Waals surface area contributed by atoms with Crippen molar-refractivity contribution in [2.45, 2.75) is 45.4 Å². The van der Waals surface area contributed by atoms with Crippen LogP contribution < -0.4 is 4.74 Å². The standard InChI is InChI=1S/C28H29FN8O/c1-4-35-15-23-9-22(35)16-36(23)13-18-5-6-20(24(29)8-18)14-37-26(21-7-19(10-30)11-31-12-21)33-25-17(2)32-28(38-3)34-27(25)37/h5-8,11-12,22-23H,4,9,13-16H2,1-3H3. The van der Waals surface area contributed by atoms with Gasteiger partial charge in [0.25, 0.3) is 0 Å². The molecule has 6 rings (SSSR count). The molecular weight excluding hydrogens is 483 g/mol. The summed E-state index contributed by atoms with van der Waals surface area (Å²) in [6, 6.07) is 10.7. The number of benzene rings is 1. The molecule has 5 heterocycles. The number of hydrogen-bond acceptors (Lipinski definition) is 8. The first-order valence-electron chi connectivity index (χ1n) is 12.9. The van der Waals surface area contributed by atoms with Gasteiger partial charge >= 0.3 is 6.01 Å². The minimum absolute atomic E-state index is 0.203. The molecule has 0 aliphatic carbocycles. The van der Waals surface area contributed by atoms with Gasteiger partial charge in [-0.05, 0) is 37.6 Å². The van der Waals surface area contributed by atoms with Gasteiger partial charge in [0.05, 0.1) is 24.9 Å². The Morgan fingerprint density at radius 2 is 1.89 bits per heavy atom. The number of likely N-dealkylation sites (tertiary alicyclic amines) is 2. The number of fused-ring (bicyclic) bond motifs is 3. The van der Waals surface area contributed by atoms with Crippen LogP contribution in [0.5, 0.6) is 6.01 Å². The number of imidazole rings is 1. The molecular formula is C28H29FN8O. The van der Waals surface area contributed by atoms with Gasteiger partial charge in [-0.25, -0.2) is 9.37 Å².